The molecule has 35 heteroatoms. The standard InChI is InChI=1S/C25H34N6O4.C22H25N7O2.C22H30N6O3.C22H30N6O/c1-4-5-13-33-23-28-21(26)20-22(29-23)31(24(27-20)35-25(32)34-17(2)3)16-19-10-8-9-18(14-19)15-30-11-6-7-12-30;1-15-26-19-20(23)27-22(31-11-10-30-2)28-21(19)29(15)14-17-7-5-6-16(12-17)13-25-18-8-3-4-9-24-18;1-3-27-18-19(23)24-21(31-12-11-30-2)25-20(18)28(22(27)29)15-17-8-6-7-16(13-17)14-26-9-4-5-10-26;1-3-4-12-29-22-25-20(23)19-21(26-22)28(16(2)24-19)15-18-9-7-8-17(13-18)14-27-10-5-6-11-27/h8-10,14,17H,4-7,11-13,15-16H2,1-3H3,(H2,26,28,29);3-9,12H,10-11,13-14H2,1-2H3,(H,24,25)(H2,23,27,28);6-8,13H,3-5,9-12,14-15H2,1-2H3,(H2,23,24,25);7-9,13H,3-6,10-12,14-15H2,1-2H3,(H2,23,25,26). The van der Waals surface area contributed by atoms with E-state index in [-0.39, 0.29) is 47.5 Å². The Balaban J connectivity index is 0.000000144. The monoisotopic (exact) mass is 1720 g/mol. The van der Waals surface area contributed by atoms with Crippen LogP contribution in [0.1, 0.15) is 155 Å². The number of pyridine rings is 1. The molecule has 13 aromatic rings. The minimum Gasteiger partial charge on any atom is -0.463 e. The summed E-state index contributed by atoms with van der Waals surface area (Å²) in [4.78, 5) is 85.9. The lowest BCUT2D eigenvalue weighted by atomic mass is 10.1. The number of unbranched alkanes of at least 4 members (excludes halogenated alkanes) is 2. The predicted octanol–water partition coefficient (Wildman–Crippen LogP) is 12.4. The zero-order chi connectivity index (χ0) is 88.4. The van der Waals surface area contributed by atoms with Crippen LogP contribution < -0.4 is 57.6 Å². The van der Waals surface area contributed by atoms with Gasteiger partial charge in [-0.15, -0.1) is 0 Å². The molecule has 3 fully saturated rings. The Kier molecular flexibility index (Phi) is 32.3. The minimum atomic E-state index is -0.842. The van der Waals surface area contributed by atoms with Gasteiger partial charge in [-0.25, -0.2) is 24.5 Å². The molecule has 668 valence electrons. The summed E-state index contributed by atoms with van der Waals surface area (Å²) in [5, 5.41) is 3.33. The van der Waals surface area contributed by atoms with Crippen molar-refractivity contribution in [2.24, 2.45) is 0 Å². The van der Waals surface area contributed by atoms with Gasteiger partial charge in [0.2, 0.25) is 0 Å². The van der Waals surface area contributed by atoms with E-state index in [0.717, 1.165) is 117 Å². The Labute approximate surface area is 733 Å². The van der Waals surface area contributed by atoms with Crippen molar-refractivity contribution in [1.82, 2.24) is 97.3 Å². The molecule has 3 saturated heterocycles. The second-order valence-electron chi connectivity index (χ2n) is 31.7. The molecule has 0 aliphatic carbocycles. The third-order valence-electron chi connectivity index (χ3n) is 21.6. The number of methoxy groups -OCH3 is 2. The Morgan fingerprint density at radius 3 is 1.21 bits per heavy atom. The number of hydrogen-bond acceptors (Lipinski definition) is 30. The van der Waals surface area contributed by atoms with E-state index in [4.69, 9.17) is 60.8 Å². The van der Waals surface area contributed by atoms with Crippen molar-refractivity contribution in [3.05, 3.63) is 188 Å². The van der Waals surface area contributed by atoms with E-state index in [1.165, 1.54) is 73.9 Å². The molecule has 0 spiro atoms. The molecule has 35 nitrogen and oxygen atoms in total. The molecule has 4 aromatic carbocycles. The van der Waals surface area contributed by atoms with Crippen LogP contribution in [0.3, 0.4) is 0 Å². The first kappa shape index (κ1) is 91.0. The second-order valence-corrected chi connectivity index (χ2v) is 31.7. The summed E-state index contributed by atoms with van der Waals surface area (Å²) in [6, 6.07) is 40.6. The fourth-order valence-corrected chi connectivity index (χ4v) is 15.4. The minimum absolute atomic E-state index is 0.0438. The van der Waals surface area contributed by atoms with Crippen molar-refractivity contribution >= 4 is 79.9 Å². The lowest BCUT2D eigenvalue weighted by Gasteiger charge is -2.15. The highest BCUT2D eigenvalue weighted by atomic mass is 16.7. The number of likely N-dealkylation sites (tertiary alicyclic amines) is 3. The van der Waals surface area contributed by atoms with Crippen LogP contribution >= 0.6 is 0 Å². The average Bonchev–Trinajstić information content (AvgIpc) is 1.64. The zero-order valence-electron chi connectivity index (χ0n) is 73.9. The summed E-state index contributed by atoms with van der Waals surface area (Å²) < 4.78 is 52.2. The first-order valence-electron chi connectivity index (χ1n) is 43.6. The van der Waals surface area contributed by atoms with Crippen LogP contribution in [0.4, 0.5) is 33.9 Å². The first-order valence-corrected chi connectivity index (χ1v) is 43.6. The first-order chi connectivity index (χ1) is 61.3. The molecule has 0 unspecified atom stereocenters. The fourth-order valence-electron chi connectivity index (χ4n) is 15.4. The highest BCUT2D eigenvalue weighted by molar-refractivity contribution is 5.86. The van der Waals surface area contributed by atoms with E-state index in [1.54, 1.807) is 48.0 Å². The lowest BCUT2D eigenvalue weighted by molar-refractivity contribution is 0.0691. The van der Waals surface area contributed by atoms with Crippen LogP contribution in [0.15, 0.2) is 126 Å². The molecule has 0 atom stereocenters. The van der Waals surface area contributed by atoms with E-state index in [2.05, 4.69) is 165 Å². The van der Waals surface area contributed by atoms with Crippen LogP contribution in [0, 0.1) is 13.8 Å². The molecular formula is C91H119N25O10. The zero-order valence-corrected chi connectivity index (χ0v) is 73.9. The fraction of sp³-hybridized carbons (Fsp3) is 0.451. The van der Waals surface area contributed by atoms with Gasteiger partial charge in [0.15, 0.2) is 62.4 Å². The number of aromatic nitrogens is 17. The molecular weight excluding hydrogens is 1600 g/mol. The Morgan fingerprint density at radius 2 is 0.802 bits per heavy atom. The molecule has 12 heterocycles. The van der Waals surface area contributed by atoms with Gasteiger partial charge >= 0.3 is 41.9 Å². The summed E-state index contributed by atoms with van der Waals surface area (Å²) in [6.07, 6.45) is 12.1. The molecule has 3 aliphatic rings. The highest BCUT2D eigenvalue weighted by Gasteiger charge is 2.26. The maximum absolute atomic E-state index is 13.1. The van der Waals surface area contributed by atoms with Crippen LogP contribution in [-0.4, -0.2) is 203 Å². The summed E-state index contributed by atoms with van der Waals surface area (Å²) >= 11 is 0. The molecule has 3 aliphatic heterocycles. The maximum Gasteiger partial charge on any atom is 0.516 e. The molecule has 9 N–H and O–H groups in total. The van der Waals surface area contributed by atoms with Crippen molar-refractivity contribution in [2.75, 3.05) is 121 Å². The average molecular weight is 1720 g/mol. The number of nitrogens with zero attached hydrogens (tertiary/aromatic N) is 20. The molecule has 126 heavy (non-hydrogen) atoms. The highest BCUT2D eigenvalue weighted by Crippen LogP contribution is 2.31. The van der Waals surface area contributed by atoms with E-state index in [0.29, 0.717) is 136 Å². The number of nitrogen functional groups attached to an aromatic ring is 4. The van der Waals surface area contributed by atoms with E-state index < -0.39 is 6.16 Å². The number of nitrogens with two attached hydrogens (primary N) is 4. The number of carbonyl (C=O) groups excluding carboxylic acids is 1. The molecule has 0 amide bonds. The van der Waals surface area contributed by atoms with Gasteiger partial charge in [-0.05, 0) is 182 Å². The number of rotatable bonds is 36. The molecule has 9 aromatic heterocycles. The molecule has 0 radical (unpaired) electrons. The normalized spacial score (nSPS) is 13.6. The summed E-state index contributed by atoms with van der Waals surface area (Å²) in [5.41, 5.74) is 38.3. The van der Waals surface area contributed by atoms with Gasteiger partial charge in [-0.1, -0.05) is 130 Å². The molecule has 0 saturated carbocycles. The van der Waals surface area contributed by atoms with E-state index >= 15 is 0 Å². The Bertz CT molecular complexity index is 5800. The third-order valence-corrected chi connectivity index (χ3v) is 21.6. The largest absolute Gasteiger partial charge is 0.516 e. The topological polar surface area (TPSA) is 413 Å². The summed E-state index contributed by atoms with van der Waals surface area (Å²) in [6.45, 7) is 29.2. The predicted molar refractivity (Wildman–Crippen MR) is 486 cm³/mol. The van der Waals surface area contributed by atoms with Crippen LogP contribution in [0.5, 0.6) is 30.1 Å². The number of benzene rings is 4. The van der Waals surface area contributed by atoms with Gasteiger partial charge in [0.05, 0.1) is 58.7 Å². The quantitative estimate of drug-likeness (QED) is 0.0180. The summed E-state index contributed by atoms with van der Waals surface area (Å²) in [5.74, 6) is 3.58. The van der Waals surface area contributed by atoms with Crippen molar-refractivity contribution in [3.63, 3.8) is 0 Å². The number of aryl methyl sites for hydroxylation is 3. The van der Waals surface area contributed by atoms with Crippen molar-refractivity contribution in [2.45, 2.75) is 178 Å². The van der Waals surface area contributed by atoms with Gasteiger partial charge in [0.25, 0.3) is 0 Å². The summed E-state index contributed by atoms with van der Waals surface area (Å²) in [7, 11) is 3.21. The number of nitrogens with one attached hydrogen (secondary N) is 1. The lowest BCUT2D eigenvalue weighted by Crippen LogP contribution is -2.24. The van der Waals surface area contributed by atoms with Gasteiger partial charge in [0.1, 0.15) is 36.2 Å². The van der Waals surface area contributed by atoms with Crippen LogP contribution in [0.2, 0.25) is 0 Å². The van der Waals surface area contributed by atoms with Crippen LogP contribution in [0.25, 0.3) is 44.7 Å². The SMILES string of the molecule is CCCCOc1nc(N)c2nc(C)n(Cc3cccc(CN4CCCC4)c3)c2n1.CCCCOc1nc(N)c2nc(OC(=O)OC(C)C)n(Cc3cccc(CN4CCCC4)c3)c2n1.CCn1c(=O)n(Cc2cccc(CN3CCCC3)c2)c2nc(OCCOC)nc(N)c21.COCCOc1nc(N)c2nc(C)n(Cc3cccc(CNc4ccccn4)c3)c2n1. The van der Waals surface area contributed by atoms with Crippen molar-refractivity contribution < 1.29 is 42.7 Å². The number of fused-ring (bicyclic) bond motifs is 4. The second kappa shape index (κ2) is 44.8. The smallest absolute Gasteiger partial charge is 0.463 e. The maximum atomic E-state index is 13.1. The third kappa shape index (κ3) is 24.5. The van der Waals surface area contributed by atoms with Gasteiger partial charge < -0.3 is 75.3 Å². The van der Waals surface area contributed by atoms with Crippen molar-refractivity contribution in [3.8, 4) is 30.1 Å². The van der Waals surface area contributed by atoms with Crippen LogP contribution in [-0.2, 0) is 73.1 Å². The van der Waals surface area contributed by atoms with Gasteiger partial charge in [0, 0.05) is 53.1 Å². The number of hydrogen-bond donors (Lipinski definition) is 5. The number of anilines is 5. The van der Waals surface area contributed by atoms with Crippen molar-refractivity contribution in [1.29, 1.82) is 0 Å². The number of imidazole rings is 4. The van der Waals surface area contributed by atoms with E-state index in [9.17, 15) is 9.59 Å². The molecule has 0 bridgehead atoms. The Hall–Kier alpha value is -12.7. The van der Waals surface area contributed by atoms with Gasteiger partial charge in [-0.2, -0.15) is 44.9 Å². The van der Waals surface area contributed by atoms with E-state index in [1.807, 2.05) is 73.9 Å². The molecule has 16 rings (SSSR count). The number of ether oxygens (including phenoxy) is 8. The Morgan fingerprint density at radius 1 is 0.421 bits per heavy atom. The number of carbonyl (C=O) groups is 1. The van der Waals surface area contributed by atoms with Gasteiger partial charge in [-0.3, -0.25) is 28.4 Å².